The second kappa shape index (κ2) is 58.1. The van der Waals surface area contributed by atoms with Gasteiger partial charge in [-0.15, -0.1) is 0 Å². The van der Waals surface area contributed by atoms with Gasteiger partial charge in [-0.2, -0.15) is 0 Å². The van der Waals surface area contributed by atoms with Gasteiger partial charge in [0.15, 0.2) is 0 Å². The maximum absolute atomic E-state index is 13.6. The monoisotopic (exact) mass is 1120 g/mol. The Labute approximate surface area is 488 Å². The van der Waals surface area contributed by atoms with E-state index in [4.69, 9.17) is 13.8 Å². The minimum atomic E-state index is -4.71. The third-order valence-electron chi connectivity index (χ3n) is 14.0. The highest BCUT2D eigenvalue weighted by Gasteiger charge is 2.27. The van der Waals surface area contributed by atoms with E-state index < -0.39 is 26.6 Å². The van der Waals surface area contributed by atoms with Crippen LogP contribution >= 0.6 is 7.82 Å². The van der Waals surface area contributed by atoms with Gasteiger partial charge >= 0.3 is 5.97 Å². The quantitative estimate of drug-likeness (QED) is 0.0212. The van der Waals surface area contributed by atoms with Crippen molar-refractivity contribution in [2.75, 3.05) is 40.9 Å². The lowest BCUT2D eigenvalue weighted by atomic mass is 10.0. The van der Waals surface area contributed by atoms with Crippen molar-refractivity contribution < 1.29 is 37.3 Å². The Balaban J connectivity index is 5.23. The molecule has 0 rings (SSSR count). The highest BCUT2D eigenvalue weighted by atomic mass is 31.2. The number of rotatable bonds is 58. The van der Waals surface area contributed by atoms with Crippen LogP contribution in [0, 0.1) is 0 Å². The van der Waals surface area contributed by atoms with Crippen LogP contribution in [0.5, 0.6) is 0 Å². The Bertz CT molecular complexity index is 1670. The highest BCUT2D eigenvalue weighted by molar-refractivity contribution is 7.45. The van der Waals surface area contributed by atoms with E-state index in [0.29, 0.717) is 17.4 Å². The number of nitrogens with zero attached hydrogens (tertiary/aromatic N) is 1. The number of phosphoric acid groups is 1. The van der Waals surface area contributed by atoms with Crippen molar-refractivity contribution in [1.29, 1.82) is 0 Å². The number of ether oxygens (including phenoxy) is 1. The summed E-state index contributed by atoms with van der Waals surface area (Å²) in [5.41, 5.74) is 0. The normalized spacial score (nSPS) is 14.3. The first-order chi connectivity index (χ1) is 38.4. The van der Waals surface area contributed by atoms with Crippen LogP contribution in [0.4, 0.5) is 0 Å². The Morgan fingerprint density at radius 2 is 0.810 bits per heavy atom. The van der Waals surface area contributed by atoms with E-state index in [9.17, 15) is 19.0 Å². The second-order valence-corrected chi connectivity index (χ2v) is 24.3. The number of phosphoric ester groups is 1. The third kappa shape index (κ3) is 59.4. The third-order valence-corrected chi connectivity index (χ3v) is 15.0. The number of carbonyl (C=O) groups excluding carboxylic acids is 2. The number of unbranched alkanes of at least 4 members (excludes halogenated alkanes) is 28. The van der Waals surface area contributed by atoms with Gasteiger partial charge in [-0.25, -0.2) is 0 Å². The molecule has 0 aromatic rings. The second-order valence-electron chi connectivity index (χ2n) is 22.9. The van der Waals surface area contributed by atoms with Crippen LogP contribution in [0.2, 0.25) is 0 Å². The van der Waals surface area contributed by atoms with Gasteiger partial charge in [0, 0.05) is 12.8 Å². The minimum Gasteiger partial charge on any atom is -0.756 e. The summed E-state index contributed by atoms with van der Waals surface area (Å²) in [5, 5.41) is 3.03. The lowest BCUT2D eigenvalue weighted by Crippen LogP contribution is -2.47. The van der Waals surface area contributed by atoms with Crippen LogP contribution in [-0.2, 0) is 27.9 Å². The maximum atomic E-state index is 13.6. The molecule has 456 valence electrons. The van der Waals surface area contributed by atoms with Crippen molar-refractivity contribution >= 4 is 19.7 Å². The first-order valence-electron chi connectivity index (χ1n) is 32.5. The zero-order valence-corrected chi connectivity index (χ0v) is 52.9. The van der Waals surface area contributed by atoms with Crippen LogP contribution in [-0.4, -0.2) is 69.4 Å². The Hall–Kier alpha value is -3.07. The van der Waals surface area contributed by atoms with Gasteiger partial charge in [-0.3, -0.25) is 14.2 Å². The Kier molecular flexibility index (Phi) is 55.9. The van der Waals surface area contributed by atoms with Crippen molar-refractivity contribution in [1.82, 2.24) is 5.32 Å². The van der Waals surface area contributed by atoms with Gasteiger partial charge < -0.3 is 28.5 Å². The number of hydrogen-bond donors (Lipinski definition) is 1. The molecule has 79 heavy (non-hydrogen) atoms. The largest absolute Gasteiger partial charge is 0.756 e. The molecule has 1 amide bonds. The van der Waals surface area contributed by atoms with Gasteiger partial charge in [0.25, 0.3) is 7.82 Å². The van der Waals surface area contributed by atoms with Crippen molar-refractivity contribution in [2.24, 2.45) is 0 Å². The number of hydrogen-bond acceptors (Lipinski definition) is 7. The summed E-state index contributed by atoms with van der Waals surface area (Å²) < 4.78 is 30.4. The summed E-state index contributed by atoms with van der Waals surface area (Å²) in [4.78, 5) is 40.1. The molecule has 0 aromatic carbocycles. The van der Waals surface area contributed by atoms with Crippen molar-refractivity contribution in [3.63, 3.8) is 0 Å². The number of esters is 1. The molecule has 0 spiro atoms. The minimum absolute atomic E-state index is 0.0301. The topological polar surface area (TPSA) is 114 Å². The number of nitrogens with one attached hydrogen (secondary N) is 1. The number of allylic oxidation sites excluding steroid dienone is 15. The van der Waals surface area contributed by atoms with Gasteiger partial charge in [0.2, 0.25) is 5.91 Å². The molecule has 0 fully saturated rings. The summed E-state index contributed by atoms with van der Waals surface area (Å²) in [6, 6.07) is -0.903. The predicted octanol–water partition coefficient (Wildman–Crippen LogP) is 19.7. The van der Waals surface area contributed by atoms with Gasteiger partial charge in [-0.1, -0.05) is 253 Å². The first-order valence-corrected chi connectivity index (χ1v) is 34.0. The Morgan fingerprint density at radius 3 is 1.24 bits per heavy atom. The molecule has 1 N–H and O–H groups in total. The van der Waals surface area contributed by atoms with E-state index in [1.807, 2.05) is 33.3 Å². The van der Waals surface area contributed by atoms with E-state index in [0.717, 1.165) is 135 Å². The van der Waals surface area contributed by atoms with Crippen LogP contribution in [0.3, 0.4) is 0 Å². The van der Waals surface area contributed by atoms with Gasteiger partial charge in [-0.05, 0) is 109 Å². The highest BCUT2D eigenvalue weighted by Crippen LogP contribution is 2.38. The van der Waals surface area contributed by atoms with Gasteiger partial charge in [0.1, 0.15) is 19.3 Å². The van der Waals surface area contributed by atoms with E-state index in [1.54, 1.807) is 0 Å². The van der Waals surface area contributed by atoms with E-state index >= 15 is 0 Å². The van der Waals surface area contributed by atoms with Crippen LogP contribution in [0.15, 0.2) is 97.2 Å². The summed E-state index contributed by atoms with van der Waals surface area (Å²) >= 11 is 0. The predicted molar refractivity (Wildman–Crippen MR) is 339 cm³/mol. The molecule has 3 unspecified atom stereocenters. The smallest absolute Gasteiger partial charge is 0.306 e. The zero-order chi connectivity index (χ0) is 57.9. The summed E-state index contributed by atoms with van der Waals surface area (Å²) in [6.07, 6.45) is 78.0. The lowest BCUT2D eigenvalue weighted by molar-refractivity contribution is -0.870. The fraction of sp³-hybridized carbons (Fsp3) is 0.739. The molecular formula is C69H123N2O7P. The molecule has 0 radical (unpaired) electrons. The van der Waals surface area contributed by atoms with Gasteiger partial charge in [0.05, 0.1) is 33.8 Å². The summed E-state index contributed by atoms with van der Waals surface area (Å²) in [6.45, 7) is 6.71. The lowest BCUT2D eigenvalue weighted by Gasteiger charge is -2.30. The molecule has 0 aliphatic rings. The van der Waals surface area contributed by atoms with Crippen LogP contribution in [0.25, 0.3) is 0 Å². The molecule has 0 aliphatic carbocycles. The first kappa shape index (κ1) is 75.9. The molecule has 0 aromatic heterocycles. The molecular weight excluding hydrogens is 1000 g/mol. The molecule has 0 bridgehead atoms. The van der Waals surface area contributed by atoms with Crippen LogP contribution in [0.1, 0.15) is 278 Å². The average Bonchev–Trinajstić information content (AvgIpc) is 3.41. The number of amides is 1. The summed E-state index contributed by atoms with van der Waals surface area (Å²) in [5.74, 6) is -0.563. The average molecular weight is 1120 g/mol. The standard InChI is InChI=1S/C69H123N2O7P/c1-7-10-13-16-19-22-25-28-30-31-32-33-34-35-36-37-38-39-41-43-46-49-52-55-58-61-68(72)70-66(65-77-79(74,75)76-64-63-71(4,5)6)67(60-57-54-51-48-45-42-27-24-21-18-15-12-9-3)78-69(73)62-59-56-53-50-47-44-40-29-26-23-20-17-14-11-8-2/h10,13,19,22-23,26,28,30,32-33,35-36,38-39,57,60,66-67H,7-9,11-12,14-18,20-21,24-25,27,29,31,34,37,40-56,58-59,61-65H2,1-6H3,(H-,70,72,74,75)/b13-10-,22-19-,26-23-,30-28-,33-32-,36-35-,39-38-,60-57-. The molecule has 9 nitrogen and oxygen atoms in total. The molecule has 0 saturated heterocycles. The summed E-state index contributed by atoms with van der Waals surface area (Å²) in [7, 11) is 1.16. The van der Waals surface area contributed by atoms with Crippen molar-refractivity contribution in [3.8, 4) is 0 Å². The number of likely N-dealkylation sites (N-methyl/N-ethyl adjacent to an activating group) is 1. The van der Waals surface area contributed by atoms with Crippen LogP contribution < -0.4 is 10.2 Å². The zero-order valence-electron chi connectivity index (χ0n) is 52.1. The molecule has 3 atom stereocenters. The Morgan fingerprint density at radius 1 is 0.456 bits per heavy atom. The fourth-order valence-electron chi connectivity index (χ4n) is 8.99. The number of carbonyl (C=O) groups is 2. The van der Waals surface area contributed by atoms with Crippen molar-refractivity contribution in [2.45, 2.75) is 290 Å². The van der Waals surface area contributed by atoms with E-state index in [2.05, 4.69) is 111 Å². The van der Waals surface area contributed by atoms with E-state index in [1.165, 1.54) is 109 Å². The fourth-order valence-corrected chi connectivity index (χ4v) is 9.71. The number of quaternary nitrogens is 1. The molecule has 0 aliphatic heterocycles. The van der Waals surface area contributed by atoms with Crippen molar-refractivity contribution in [3.05, 3.63) is 97.2 Å². The molecule has 10 heteroatoms. The molecule has 0 heterocycles. The SMILES string of the molecule is CC/C=C\C/C=C\C/C=C\C/C=C\C/C=C\C/C=C\CCCCCCCCC(=O)NC(COP(=O)([O-])OCC[N+](C)(C)C)C(/C=C\CCCCCCCCCCCCC)OC(=O)CCCCCCCCC/C=C\CCCCCC. The molecule has 0 saturated carbocycles. The maximum Gasteiger partial charge on any atom is 0.306 e. The van der Waals surface area contributed by atoms with E-state index in [-0.39, 0.29) is 24.9 Å².